The molecule has 0 saturated heterocycles. The fraction of sp³-hybridized carbons (Fsp3) is 0.231. The second-order valence-corrected chi connectivity index (χ2v) is 4.67. The highest BCUT2D eigenvalue weighted by atomic mass is 32.1. The van der Waals surface area contributed by atoms with Gasteiger partial charge in [0.1, 0.15) is 5.75 Å². The van der Waals surface area contributed by atoms with Crippen LogP contribution in [0.2, 0.25) is 0 Å². The third kappa shape index (κ3) is 2.36. The van der Waals surface area contributed by atoms with E-state index >= 15 is 0 Å². The molecule has 4 nitrogen and oxygen atoms in total. The van der Waals surface area contributed by atoms with E-state index in [-0.39, 0.29) is 11.3 Å². The van der Waals surface area contributed by atoms with E-state index < -0.39 is 5.91 Å². The molecule has 2 rings (SSSR count). The fourth-order valence-electron chi connectivity index (χ4n) is 1.69. The molecular weight excluding hydrogens is 248 g/mol. The van der Waals surface area contributed by atoms with Crippen molar-refractivity contribution in [3.05, 3.63) is 45.7 Å². The molecule has 0 spiro atoms. The Bertz CT molecular complexity index is 640. The quantitative estimate of drug-likeness (QED) is 0.903. The Morgan fingerprint density at radius 3 is 2.83 bits per heavy atom. The summed E-state index contributed by atoms with van der Waals surface area (Å²) in [6.07, 6.45) is 0. The minimum atomic E-state index is -0.419. The van der Waals surface area contributed by atoms with Crippen molar-refractivity contribution in [3.63, 3.8) is 0 Å². The number of hydrogen-bond acceptors (Lipinski definition) is 3. The van der Waals surface area contributed by atoms with Crippen LogP contribution >= 0.6 is 11.3 Å². The molecule has 0 atom stereocenters. The summed E-state index contributed by atoms with van der Waals surface area (Å²) in [7, 11) is 0. The Hall–Kier alpha value is -1.88. The summed E-state index contributed by atoms with van der Waals surface area (Å²) in [5.74, 6) is -0.459. The van der Waals surface area contributed by atoms with Crippen LogP contribution in [0.15, 0.2) is 34.6 Å². The van der Waals surface area contributed by atoms with Crippen molar-refractivity contribution in [3.8, 4) is 5.75 Å². The van der Waals surface area contributed by atoms with Crippen molar-refractivity contribution in [2.75, 3.05) is 0 Å². The second kappa shape index (κ2) is 5.18. The highest BCUT2D eigenvalue weighted by molar-refractivity contribution is 7.07. The number of amides is 1. The molecule has 18 heavy (non-hydrogen) atoms. The lowest BCUT2D eigenvalue weighted by atomic mass is 10.2. The van der Waals surface area contributed by atoms with Crippen molar-refractivity contribution < 1.29 is 9.90 Å². The van der Waals surface area contributed by atoms with Gasteiger partial charge in [0.25, 0.3) is 5.91 Å². The largest absolute Gasteiger partial charge is 0.507 e. The van der Waals surface area contributed by atoms with Crippen LogP contribution in [0.25, 0.3) is 0 Å². The monoisotopic (exact) mass is 262 g/mol. The average Bonchev–Trinajstić information content (AvgIpc) is 2.70. The first-order chi connectivity index (χ1) is 8.63. The van der Waals surface area contributed by atoms with E-state index in [4.69, 9.17) is 0 Å². The molecule has 0 bridgehead atoms. The third-order valence-electron chi connectivity index (χ3n) is 2.64. The highest BCUT2D eigenvalue weighted by Crippen LogP contribution is 2.16. The van der Waals surface area contributed by atoms with Crippen LogP contribution in [0.5, 0.6) is 5.75 Å². The Balaban J connectivity index is 2.45. The van der Waals surface area contributed by atoms with Gasteiger partial charge in [-0.15, -0.1) is 11.3 Å². The van der Waals surface area contributed by atoms with Gasteiger partial charge < -0.3 is 9.67 Å². The molecule has 0 unspecified atom stereocenters. The van der Waals surface area contributed by atoms with Gasteiger partial charge in [0.05, 0.1) is 5.56 Å². The highest BCUT2D eigenvalue weighted by Gasteiger charge is 2.09. The van der Waals surface area contributed by atoms with E-state index in [2.05, 4.69) is 4.99 Å². The number of rotatable bonds is 2. The van der Waals surface area contributed by atoms with Gasteiger partial charge in [0.15, 0.2) is 4.80 Å². The van der Waals surface area contributed by atoms with E-state index in [1.54, 1.807) is 18.2 Å². The number of phenolic OH excluding ortho intramolecular Hbond substituents is 1. The summed E-state index contributed by atoms with van der Waals surface area (Å²) in [4.78, 5) is 16.7. The average molecular weight is 262 g/mol. The molecule has 1 aromatic heterocycles. The van der Waals surface area contributed by atoms with E-state index in [0.717, 1.165) is 12.2 Å². The topological polar surface area (TPSA) is 54.6 Å². The summed E-state index contributed by atoms with van der Waals surface area (Å²) in [6.45, 7) is 4.74. The van der Waals surface area contributed by atoms with Crippen LogP contribution in [-0.2, 0) is 6.54 Å². The minimum absolute atomic E-state index is 0.0393. The van der Waals surface area contributed by atoms with Gasteiger partial charge in [0, 0.05) is 17.6 Å². The molecule has 1 aromatic carbocycles. The summed E-state index contributed by atoms with van der Waals surface area (Å²) in [5, 5.41) is 11.6. The number of benzene rings is 1. The van der Waals surface area contributed by atoms with Gasteiger partial charge in [0.2, 0.25) is 0 Å². The Kier molecular flexibility index (Phi) is 3.62. The Labute approximate surface area is 109 Å². The summed E-state index contributed by atoms with van der Waals surface area (Å²) >= 11 is 1.42. The zero-order valence-electron chi connectivity index (χ0n) is 10.3. The van der Waals surface area contributed by atoms with Gasteiger partial charge in [-0.3, -0.25) is 4.79 Å². The number of carbonyl (C=O) groups is 1. The first kappa shape index (κ1) is 12.6. The van der Waals surface area contributed by atoms with Crippen LogP contribution < -0.4 is 4.80 Å². The van der Waals surface area contributed by atoms with E-state index in [9.17, 15) is 9.90 Å². The normalized spacial score (nSPS) is 11.8. The Morgan fingerprint density at radius 2 is 2.17 bits per heavy atom. The van der Waals surface area contributed by atoms with Gasteiger partial charge in [-0.25, -0.2) is 0 Å². The van der Waals surface area contributed by atoms with Crippen molar-refractivity contribution in [1.29, 1.82) is 0 Å². The van der Waals surface area contributed by atoms with Gasteiger partial charge in [-0.05, 0) is 26.0 Å². The van der Waals surface area contributed by atoms with Crippen molar-refractivity contribution in [2.24, 2.45) is 4.99 Å². The number of nitrogens with zero attached hydrogens (tertiary/aromatic N) is 2. The number of phenols is 1. The molecule has 0 aliphatic heterocycles. The lowest BCUT2D eigenvalue weighted by Gasteiger charge is -2.01. The molecule has 0 aliphatic carbocycles. The summed E-state index contributed by atoms with van der Waals surface area (Å²) < 4.78 is 1.96. The minimum Gasteiger partial charge on any atom is -0.507 e. The van der Waals surface area contributed by atoms with E-state index in [1.807, 2.05) is 23.8 Å². The van der Waals surface area contributed by atoms with E-state index in [0.29, 0.717) is 4.80 Å². The van der Waals surface area contributed by atoms with Gasteiger partial charge in [-0.1, -0.05) is 12.1 Å². The standard InChI is InChI=1S/C13H14N2O2S/c1-3-15-9(2)8-18-13(15)14-12(17)10-6-4-5-7-11(10)16/h4-8,16H,3H2,1-2H3. The first-order valence-electron chi connectivity index (χ1n) is 5.65. The van der Waals surface area contributed by atoms with Crippen molar-refractivity contribution in [2.45, 2.75) is 20.4 Å². The molecular formula is C13H14N2O2S. The second-order valence-electron chi connectivity index (χ2n) is 3.84. The number of hydrogen-bond donors (Lipinski definition) is 1. The number of thiazole rings is 1. The maximum absolute atomic E-state index is 12.0. The van der Waals surface area contributed by atoms with Gasteiger partial charge >= 0.3 is 0 Å². The SMILES string of the molecule is CCn1c(C)csc1=NC(=O)c1ccccc1O. The lowest BCUT2D eigenvalue weighted by Crippen LogP contribution is -2.17. The lowest BCUT2D eigenvalue weighted by molar-refractivity contribution is 0.0995. The molecule has 2 aromatic rings. The fourth-order valence-corrected chi connectivity index (χ4v) is 2.63. The smallest absolute Gasteiger partial charge is 0.283 e. The molecule has 0 radical (unpaired) electrons. The van der Waals surface area contributed by atoms with Crippen LogP contribution in [-0.4, -0.2) is 15.6 Å². The molecule has 94 valence electrons. The van der Waals surface area contributed by atoms with Crippen LogP contribution in [0, 0.1) is 6.92 Å². The number of aromatic hydroxyl groups is 1. The zero-order chi connectivity index (χ0) is 13.1. The van der Waals surface area contributed by atoms with Crippen molar-refractivity contribution >= 4 is 17.2 Å². The number of aromatic nitrogens is 1. The molecule has 1 amide bonds. The number of aryl methyl sites for hydroxylation is 1. The van der Waals surface area contributed by atoms with Gasteiger partial charge in [-0.2, -0.15) is 4.99 Å². The van der Waals surface area contributed by atoms with Crippen LogP contribution in [0.4, 0.5) is 0 Å². The third-order valence-corrected chi connectivity index (χ3v) is 3.62. The molecule has 0 fully saturated rings. The molecule has 1 heterocycles. The zero-order valence-corrected chi connectivity index (χ0v) is 11.1. The molecule has 0 aliphatic rings. The predicted octanol–water partition coefficient (Wildman–Crippen LogP) is 2.32. The molecule has 0 saturated carbocycles. The first-order valence-corrected chi connectivity index (χ1v) is 6.53. The number of carbonyl (C=O) groups excluding carboxylic acids is 1. The number of para-hydroxylation sites is 1. The predicted molar refractivity (Wildman–Crippen MR) is 70.7 cm³/mol. The maximum Gasteiger partial charge on any atom is 0.283 e. The van der Waals surface area contributed by atoms with Crippen LogP contribution in [0.3, 0.4) is 0 Å². The van der Waals surface area contributed by atoms with E-state index in [1.165, 1.54) is 17.4 Å². The summed E-state index contributed by atoms with van der Waals surface area (Å²) in [5.41, 5.74) is 1.30. The molecule has 1 N–H and O–H groups in total. The summed E-state index contributed by atoms with van der Waals surface area (Å²) in [6, 6.07) is 6.43. The Morgan fingerprint density at radius 1 is 1.44 bits per heavy atom. The van der Waals surface area contributed by atoms with Crippen molar-refractivity contribution in [1.82, 2.24) is 4.57 Å². The molecule has 5 heteroatoms. The maximum atomic E-state index is 12.0. The van der Waals surface area contributed by atoms with Crippen LogP contribution in [0.1, 0.15) is 23.0 Å².